The van der Waals surface area contributed by atoms with Gasteiger partial charge in [0.05, 0.1) is 28.1 Å². The maximum absolute atomic E-state index is 10.5. The number of H-pyrrole nitrogens is 1. The van der Waals surface area contributed by atoms with Crippen LogP contribution in [0.3, 0.4) is 0 Å². The van der Waals surface area contributed by atoms with E-state index < -0.39 is 12.0 Å². The molecule has 158 valence electrons. The lowest BCUT2D eigenvalue weighted by Gasteiger charge is -2.01. The highest BCUT2D eigenvalue weighted by Crippen LogP contribution is 2.24. The minimum Gasteiger partial charge on any atom is -0.387 e. The molecule has 0 aliphatic rings. The summed E-state index contributed by atoms with van der Waals surface area (Å²) in [5.74, 6) is 1.58. The van der Waals surface area contributed by atoms with Gasteiger partial charge in [-0.1, -0.05) is 24.6 Å². The maximum atomic E-state index is 10.5. The summed E-state index contributed by atoms with van der Waals surface area (Å²) in [6.45, 7) is 4.62. The molecular weight excluding hydrogens is 424 g/mol. The van der Waals surface area contributed by atoms with Crippen LogP contribution in [0.25, 0.3) is 11.3 Å². The molecule has 1 atom stereocenters. The lowest BCUT2D eigenvalue weighted by molar-refractivity contribution is 0.0995. The van der Waals surface area contributed by atoms with E-state index in [4.69, 9.17) is 27.7 Å². The zero-order chi connectivity index (χ0) is 22.1. The third-order valence-corrected chi connectivity index (χ3v) is 5.19. The molecule has 0 radical (unpaired) electrons. The molecule has 1 amide bonds. The maximum Gasteiger partial charge on any atom is 0.269 e. The first-order chi connectivity index (χ1) is 14.3. The smallest absolute Gasteiger partial charge is 0.269 e. The quantitative estimate of drug-likeness (QED) is 0.476. The fourth-order valence-corrected chi connectivity index (χ4v) is 3.21. The molecule has 0 spiro atoms. The molecular formula is C20H23ClN6O2S. The van der Waals surface area contributed by atoms with Gasteiger partial charge in [0.1, 0.15) is 11.8 Å². The molecule has 30 heavy (non-hydrogen) atoms. The Hall–Kier alpha value is -2.80. The van der Waals surface area contributed by atoms with Gasteiger partial charge in [0.2, 0.25) is 0 Å². The van der Waals surface area contributed by atoms with Crippen LogP contribution in [-0.4, -0.2) is 42.5 Å². The number of aromatic amines is 1. The second-order valence-electron chi connectivity index (χ2n) is 6.22. The molecule has 10 heteroatoms. The molecule has 1 aromatic carbocycles. The zero-order valence-corrected chi connectivity index (χ0v) is 18.2. The number of aromatic nitrogens is 4. The first-order valence-corrected chi connectivity index (χ1v) is 10.7. The van der Waals surface area contributed by atoms with Crippen LogP contribution >= 0.6 is 23.4 Å². The lowest BCUT2D eigenvalue weighted by Crippen LogP contribution is -2.11. The zero-order valence-electron chi connectivity index (χ0n) is 16.7. The summed E-state index contributed by atoms with van der Waals surface area (Å²) in [5.41, 5.74) is 7.86. The van der Waals surface area contributed by atoms with Crippen LogP contribution in [0.5, 0.6) is 0 Å². The van der Waals surface area contributed by atoms with Gasteiger partial charge < -0.3 is 10.8 Å². The van der Waals surface area contributed by atoms with Crippen molar-refractivity contribution in [1.29, 1.82) is 5.26 Å². The summed E-state index contributed by atoms with van der Waals surface area (Å²) in [6.07, 6.45) is 1.31. The molecule has 3 aromatic rings. The number of rotatable bonds is 7. The highest BCUT2D eigenvalue weighted by Gasteiger charge is 2.09. The molecule has 3 rings (SSSR count). The van der Waals surface area contributed by atoms with E-state index in [-0.39, 0.29) is 5.69 Å². The number of halogens is 1. The first kappa shape index (κ1) is 23.5. The SMILES string of the molecule is CC(O)c1cc(C(N)=O)n[nH]1.CCSCCn1ccc(-c2ccc(C#N)c(Cl)c2)n1. The van der Waals surface area contributed by atoms with E-state index in [1.54, 1.807) is 19.1 Å². The van der Waals surface area contributed by atoms with Gasteiger partial charge in [-0.25, -0.2) is 0 Å². The number of primary amides is 1. The van der Waals surface area contributed by atoms with Gasteiger partial charge in [0.15, 0.2) is 0 Å². The van der Waals surface area contributed by atoms with Crippen molar-refractivity contribution >= 4 is 29.3 Å². The van der Waals surface area contributed by atoms with Gasteiger partial charge >= 0.3 is 0 Å². The van der Waals surface area contributed by atoms with E-state index in [0.717, 1.165) is 29.3 Å². The average Bonchev–Trinajstić information content (AvgIpc) is 3.39. The Bertz CT molecular complexity index is 1020. The van der Waals surface area contributed by atoms with Crippen LogP contribution in [-0.2, 0) is 6.54 Å². The normalized spacial score (nSPS) is 11.3. The lowest BCUT2D eigenvalue weighted by atomic mass is 10.1. The first-order valence-electron chi connectivity index (χ1n) is 9.20. The van der Waals surface area contributed by atoms with E-state index in [1.807, 2.05) is 34.8 Å². The molecule has 1 unspecified atom stereocenters. The Morgan fingerprint density at radius 1 is 1.43 bits per heavy atom. The van der Waals surface area contributed by atoms with Crippen LogP contribution in [0.2, 0.25) is 5.02 Å². The largest absolute Gasteiger partial charge is 0.387 e. The van der Waals surface area contributed by atoms with Crippen LogP contribution in [0.1, 0.15) is 41.7 Å². The van der Waals surface area contributed by atoms with Crippen molar-refractivity contribution < 1.29 is 9.90 Å². The third kappa shape index (κ3) is 6.62. The average molecular weight is 447 g/mol. The molecule has 8 nitrogen and oxygen atoms in total. The number of hydrogen-bond donors (Lipinski definition) is 3. The van der Waals surface area contributed by atoms with Crippen molar-refractivity contribution in [2.45, 2.75) is 26.5 Å². The number of thioether (sulfide) groups is 1. The van der Waals surface area contributed by atoms with Crippen molar-refractivity contribution in [3.63, 3.8) is 0 Å². The molecule has 0 aliphatic carbocycles. The van der Waals surface area contributed by atoms with Gasteiger partial charge in [-0.15, -0.1) is 0 Å². The summed E-state index contributed by atoms with van der Waals surface area (Å²) < 4.78 is 1.93. The number of nitriles is 1. The van der Waals surface area contributed by atoms with Crippen molar-refractivity contribution in [3.8, 4) is 17.3 Å². The van der Waals surface area contributed by atoms with E-state index in [9.17, 15) is 4.79 Å². The van der Waals surface area contributed by atoms with E-state index in [2.05, 4.69) is 28.3 Å². The van der Waals surface area contributed by atoms with Crippen molar-refractivity contribution in [3.05, 3.63) is 58.5 Å². The predicted molar refractivity (Wildman–Crippen MR) is 118 cm³/mol. The number of aliphatic hydroxyl groups excluding tert-OH is 1. The molecule has 4 N–H and O–H groups in total. The Morgan fingerprint density at radius 2 is 2.20 bits per heavy atom. The van der Waals surface area contributed by atoms with Gasteiger partial charge in [0, 0.05) is 24.1 Å². The van der Waals surface area contributed by atoms with E-state index in [1.165, 1.54) is 6.07 Å². The molecule has 0 saturated heterocycles. The fraction of sp³-hybridized carbons (Fsp3) is 0.300. The van der Waals surface area contributed by atoms with Crippen LogP contribution in [0, 0.1) is 11.3 Å². The molecule has 0 aliphatic heterocycles. The molecule has 2 aromatic heterocycles. The second-order valence-corrected chi connectivity index (χ2v) is 8.02. The summed E-state index contributed by atoms with van der Waals surface area (Å²) in [5, 5.41) is 28.9. The number of benzene rings is 1. The summed E-state index contributed by atoms with van der Waals surface area (Å²) >= 11 is 7.93. The van der Waals surface area contributed by atoms with Crippen LogP contribution < -0.4 is 5.73 Å². The summed E-state index contributed by atoms with van der Waals surface area (Å²) in [7, 11) is 0. The minimum atomic E-state index is -0.657. The highest BCUT2D eigenvalue weighted by atomic mass is 35.5. The van der Waals surface area contributed by atoms with Crippen molar-refractivity contribution in [1.82, 2.24) is 20.0 Å². The number of carbonyl (C=O) groups excluding carboxylic acids is 1. The van der Waals surface area contributed by atoms with Gasteiger partial charge in [-0.3, -0.25) is 14.6 Å². The number of nitrogens with one attached hydrogen (secondary N) is 1. The molecule has 0 fully saturated rings. The van der Waals surface area contributed by atoms with Crippen LogP contribution in [0.4, 0.5) is 0 Å². The Labute approximate surface area is 184 Å². The summed E-state index contributed by atoms with van der Waals surface area (Å²) in [6, 6.07) is 10.8. The van der Waals surface area contributed by atoms with Gasteiger partial charge in [0.25, 0.3) is 5.91 Å². The monoisotopic (exact) mass is 446 g/mol. The number of nitrogens with two attached hydrogens (primary N) is 1. The van der Waals surface area contributed by atoms with Crippen molar-refractivity contribution in [2.24, 2.45) is 5.73 Å². The van der Waals surface area contributed by atoms with Crippen LogP contribution in [0.15, 0.2) is 36.5 Å². The molecule has 0 saturated carbocycles. The van der Waals surface area contributed by atoms with E-state index in [0.29, 0.717) is 16.3 Å². The van der Waals surface area contributed by atoms with E-state index >= 15 is 0 Å². The minimum absolute atomic E-state index is 0.140. The third-order valence-electron chi connectivity index (χ3n) is 4.00. The molecule has 2 heterocycles. The topological polar surface area (TPSA) is 134 Å². The van der Waals surface area contributed by atoms with Gasteiger partial charge in [-0.2, -0.15) is 27.2 Å². The summed E-state index contributed by atoms with van der Waals surface area (Å²) in [4.78, 5) is 10.5. The second kappa shape index (κ2) is 11.4. The number of carbonyl (C=O) groups is 1. The van der Waals surface area contributed by atoms with Gasteiger partial charge in [-0.05, 0) is 36.9 Å². The molecule has 0 bridgehead atoms. The number of amides is 1. The Balaban J connectivity index is 0.000000248. The number of hydrogen-bond acceptors (Lipinski definition) is 6. The standard InChI is InChI=1S/C14H14ClN3S.C6H9N3O2/c1-2-19-8-7-18-6-5-14(17-18)11-3-4-12(10-16)13(15)9-11;1-3(10)4-2-5(6(7)11)9-8-4/h3-6,9H,2,7-8H2,1H3;2-3,10H,1H3,(H2,7,11)(H,8,9). The fourth-order valence-electron chi connectivity index (χ4n) is 2.38. The Kier molecular flexibility index (Phi) is 8.92. The Morgan fingerprint density at radius 3 is 2.73 bits per heavy atom. The highest BCUT2D eigenvalue weighted by molar-refractivity contribution is 7.99. The number of aliphatic hydroxyl groups is 1. The predicted octanol–water partition coefficient (Wildman–Crippen LogP) is 3.39. The van der Waals surface area contributed by atoms with Crippen molar-refractivity contribution in [2.75, 3.05) is 11.5 Å². The number of aryl methyl sites for hydroxylation is 1. The number of nitrogens with zero attached hydrogens (tertiary/aromatic N) is 4.